The molecular formula is C22H27NO8. The molecule has 0 aromatic rings. The van der Waals surface area contributed by atoms with E-state index in [0.29, 0.717) is 0 Å². The van der Waals surface area contributed by atoms with Crippen LogP contribution in [0.4, 0.5) is 0 Å². The maximum Gasteiger partial charge on any atom is 0.259 e. The van der Waals surface area contributed by atoms with Crippen molar-refractivity contribution in [3.05, 3.63) is 35.1 Å². The van der Waals surface area contributed by atoms with Crippen molar-refractivity contribution in [1.82, 2.24) is 5.32 Å². The van der Waals surface area contributed by atoms with E-state index in [-0.39, 0.29) is 48.2 Å². The van der Waals surface area contributed by atoms with E-state index in [9.17, 15) is 24.6 Å². The number of rotatable bonds is 5. The molecule has 1 amide bonds. The molecule has 0 unspecified atom stereocenters. The topological polar surface area (TPSA) is 135 Å². The average Bonchev–Trinajstić information content (AvgIpc) is 3.40. The molecule has 0 aromatic heterocycles. The molecular weight excluding hydrogens is 406 g/mol. The maximum absolute atomic E-state index is 12.7. The Labute approximate surface area is 179 Å². The Morgan fingerprint density at radius 3 is 2.58 bits per heavy atom. The van der Waals surface area contributed by atoms with Crippen LogP contribution < -0.4 is 5.32 Å². The van der Waals surface area contributed by atoms with E-state index in [2.05, 4.69) is 5.32 Å². The summed E-state index contributed by atoms with van der Waals surface area (Å²) < 4.78 is 17.8. The number of allylic oxidation sites excluding steroid dienone is 3. The lowest BCUT2D eigenvalue weighted by molar-refractivity contribution is -0.355. The molecule has 3 N–H and O–H groups in total. The van der Waals surface area contributed by atoms with Crippen molar-refractivity contribution < 1.29 is 38.8 Å². The standard InChI is InChI=1S/C22H27NO8/c1-10(5-6-13(25)15-14(26)8-23-20(15)28)7-11(2)17-12(3)18-16(27)19-22(9-24,31-19)21(4,29-17)30-18/h5-7,11-12,17-19,24-25H,8-9H2,1-4H3,(H,23,28)/b6-5+,10-7+,15-13+/t11-,12+,17+,18-,19-,21-,22-/m1/s1. The van der Waals surface area contributed by atoms with Gasteiger partial charge in [-0.25, -0.2) is 0 Å². The van der Waals surface area contributed by atoms with Crippen molar-refractivity contribution >= 4 is 17.5 Å². The normalized spacial score (nSPS) is 42.5. The van der Waals surface area contributed by atoms with E-state index in [1.807, 2.05) is 26.8 Å². The Bertz CT molecular complexity index is 918. The molecule has 9 heteroatoms. The second-order valence-corrected chi connectivity index (χ2v) is 8.84. The summed E-state index contributed by atoms with van der Waals surface area (Å²) >= 11 is 0. The van der Waals surface area contributed by atoms with Crippen LogP contribution in [0.3, 0.4) is 0 Å². The van der Waals surface area contributed by atoms with Gasteiger partial charge in [0.25, 0.3) is 5.91 Å². The SMILES string of the molecule is CC(/C=C/C(O)=C1/C(=O)CNC1=O)=C\[C@@H](C)[C@@H]1O[C@]2(C)O[C@@H](C(=O)[C@H]3O[C@]32CO)[C@H]1C. The first-order chi connectivity index (χ1) is 14.5. The van der Waals surface area contributed by atoms with Crippen LogP contribution >= 0.6 is 0 Å². The fourth-order valence-electron chi connectivity index (χ4n) is 4.82. The highest BCUT2D eigenvalue weighted by Crippen LogP contribution is 2.57. The fraction of sp³-hybridized carbons (Fsp3) is 0.591. The van der Waals surface area contributed by atoms with Crippen LogP contribution in [0.15, 0.2) is 35.1 Å². The molecule has 0 aliphatic carbocycles. The summed E-state index contributed by atoms with van der Waals surface area (Å²) in [5, 5.41) is 22.3. The first kappa shape index (κ1) is 21.9. The largest absolute Gasteiger partial charge is 0.507 e. The van der Waals surface area contributed by atoms with Gasteiger partial charge in [0.2, 0.25) is 5.79 Å². The predicted octanol–water partition coefficient (Wildman–Crippen LogP) is 0.485. The Hall–Kier alpha value is -2.33. The van der Waals surface area contributed by atoms with Crippen LogP contribution in [-0.4, -0.2) is 70.5 Å². The van der Waals surface area contributed by atoms with Gasteiger partial charge < -0.3 is 29.7 Å². The number of amides is 1. The zero-order chi connectivity index (χ0) is 22.7. The van der Waals surface area contributed by atoms with Crippen molar-refractivity contribution in [3.8, 4) is 0 Å². The monoisotopic (exact) mass is 433 g/mol. The van der Waals surface area contributed by atoms with E-state index in [4.69, 9.17) is 14.2 Å². The van der Waals surface area contributed by atoms with Crippen LogP contribution in [0.25, 0.3) is 0 Å². The summed E-state index contributed by atoms with van der Waals surface area (Å²) in [6.45, 7) is 6.84. The summed E-state index contributed by atoms with van der Waals surface area (Å²) in [7, 11) is 0. The van der Waals surface area contributed by atoms with Crippen LogP contribution in [0, 0.1) is 11.8 Å². The van der Waals surface area contributed by atoms with Crippen LogP contribution in [-0.2, 0) is 28.6 Å². The predicted molar refractivity (Wildman–Crippen MR) is 107 cm³/mol. The Morgan fingerprint density at radius 1 is 1.26 bits per heavy atom. The van der Waals surface area contributed by atoms with Crippen molar-refractivity contribution in [3.63, 3.8) is 0 Å². The summed E-state index contributed by atoms with van der Waals surface area (Å²) in [5.41, 5.74) is -0.637. The molecule has 4 aliphatic heterocycles. The van der Waals surface area contributed by atoms with E-state index in [1.54, 1.807) is 13.0 Å². The van der Waals surface area contributed by atoms with Gasteiger partial charge in [-0.2, -0.15) is 0 Å². The molecule has 7 atom stereocenters. The van der Waals surface area contributed by atoms with Crippen molar-refractivity contribution in [2.24, 2.45) is 11.8 Å². The molecule has 31 heavy (non-hydrogen) atoms. The number of nitrogens with one attached hydrogen (secondary N) is 1. The number of hydrogen-bond donors (Lipinski definition) is 3. The lowest BCUT2D eigenvalue weighted by Crippen LogP contribution is -2.67. The number of ether oxygens (including phenoxy) is 3. The number of hydrogen-bond acceptors (Lipinski definition) is 8. The van der Waals surface area contributed by atoms with E-state index in [1.165, 1.54) is 6.08 Å². The molecule has 4 fully saturated rings. The van der Waals surface area contributed by atoms with E-state index < -0.39 is 35.3 Å². The smallest absolute Gasteiger partial charge is 0.259 e. The average molecular weight is 433 g/mol. The van der Waals surface area contributed by atoms with Crippen molar-refractivity contribution in [2.75, 3.05) is 13.2 Å². The third-order valence-corrected chi connectivity index (χ3v) is 6.67. The second kappa shape index (κ2) is 7.37. The molecule has 0 saturated carbocycles. The van der Waals surface area contributed by atoms with Gasteiger partial charge in [0.1, 0.15) is 17.4 Å². The van der Waals surface area contributed by atoms with Gasteiger partial charge in [-0.1, -0.05) is 31.6 Å². The molecule has 4 aliphatic rings. The molecule has 0 spiro atoms. The fourth-order valence-corrected chi connectivity index (χ4v) is 4.82. The molecule has 4 heterocycles. The Balaban J connectivity index is 1.53. The molecule has 0 radical (unpaired) electrons. The first-order valence-electron chi connectivity index (χ1n) is 10.3. The maximum atomic E-state index is 12.7. The number of carbonyl (C=O) groups is 3. The van der Waals surface area contributed by atoms with Crippen molar-refractivity contribution in [2.45, 2.75) is 57.4 Å². The third kappa shape index (κ3) is 3.27. The van der Waals surface area contributed by atoms with Gasteiger partial charge in [0.05, 0.1) is 19.3 Å². The van der Waals surface area contributed by atoms with E-state index in [0.717, 1.165) is 5.57 Å². The van der Waals surface area contributed by atoms with Gasteiger partial charge in [0.15, 0.2) is 23.3 Å². The molecule has 0 aromatic carbocycles. The van der Waals surface area contributed by atoms with Gasteiger partial charge >= 0.3 is 0 Å². The molecule has 4 rings (SSSR count). The highest BCUT2D eigenvalue weighted by Gasteiger charge is 2.78. The van der Waals surface area contributed by atoms with Gasteiger partial charge in [0, 0.05) is 11.8 Å². The number of fused-ring (bicyclic) bond motifs is 4. The van der Waals surface area contributed by atoms with Crippen LogP contribution in [0.1, 0.15) is 27.7 Å². The minimum absolute atomic E-state index is 0.116. The van der Waals surface area contributed by atoms with Gasteiger partial charge in [-0.3, -0.25) is 14.4 Å². The highest BCUT2D eigenvalue weighted by molar-refractivity contribution is 6.25. The second-order valence-electron chi connectivity index (χ2n) is 8.84. The molecule has 168 valence electrons. The summed E-state index contributed by atoms with van der Waals surface area (Å²) in [4.78, 5) is 36.0. The quantitative estimate of drug-likeness (QED) is 0.187. The highest BCUT2D eigenvalue weighted by atomic mass is 16.8. The zero-order valence-electron chi connectivity index (χ0n) is 17.9. The Kier molecular flexibility index (Phi) is 5.20. The number of ketones is 2. The van der Waals surface area contributed by atoms with Gasteiger partial charge in [-0.05, 0) is 19.9 Å². The Morgan fingerprint density at radius 2 is 1.97 bits per heavy atom. The van der Waals surface area contributed by atoms with Crippen molar-refractivity contribution in [1.29, 1.82) is 0 Å². The zero-order valence-corrected chi connectivity index (χ0v) is 17.9. The number of epoxide rings is 1. The minimum atomic E-state index is -1.23. The molecule has 4 saturated heterocycles. The number of carbonyl (C=O) groups excluding carboxylic acids is 3. The third-order valence-electron chi connectivity index (χ3n) is 6.67. The molecule has 2 bridgehead atoms. The lowest BCUT2D eigenvalue weighted by atomic mass is 9.78. The van der Waals surface area contributed by atoms with E-state index >= 15 is 0 Å². The number of Topliss-reactive ketones (excluding diaryl/α,β-unsaturated/α-hetero) is 2. The lowest BCUT2D eigenvalue weighted by Gasteiger charge is -2.51. The summed E-state index contributed by atoms with van der Waals surface area (Å²) in [5.74, 6) is -3.20. The minimum Gasteiger partial charge on any atom is -0.507 e. The number of aliphatic hydroxyl groups excluding tert-OH is 2. The first-order valence-corrected chi connectivity index (χ1v) is 10.3. The number of aliphatic hydroxyl groups is 2. The van der Waals surface area contributed by atoms with Crippen LogP contribution in [0.2, 0.25) is 0 Å². The van der Waals surface area contributed by atoms with Gasteiger partial charge in [-0.15, -0.1) is 0 Å². The molecule has 9 nitrogen and oxygen atoms in total. The summed E-state index contributed by atoms with van der Waals surface area (Å²) in [6.07, 6.45) is 3.07. The van der Waals surface area contributed by atoms with Crippen LogP contribution in [0.5, 0.6) is 0 Å². The summed E-state index contributed by atoms with van der Waals surface area (Å²) in [6, 6.07) is 0.